The van der Waals surface area contributed by atoms with Crippen LogP contribution in [0.5, 0.6) is 0 Å². The van der Waals surface area contributed by atoms with Gasteiger partial charge in [0, 0.05) is 11.4 Å². The molecular weight excluding hydrogens is 375 g/mol. The minimum Gasteiger partial charge on any atom is -0.340 e. The predicted octanol–water partition coefficient (Wildman–Crippen LogP) is 4.34. The fourth-order valence-corrected chi connectivity index (χ4v) is 3.65. The van der Waals surface area contributed by atoms with Gasteiger partial charge in [0.25, 0.3) is 5.91 Å². The number of rotatable bonds is 7. The maximum Gasteiger partial charge on any atom is 0.254 e. The Kier molecular flexibility index (Phi) is 7.17. The van der Waals surface area contributed by atoms with Crippen molar-refractivity contribution in [1.29, 1.82) is 0 Å². The third-order valence-electron chi connectivity index (χ3n) is 4.01. The molecule has 2 aromatic rings. The molecule has 0 saturated heterocycles. The van der Waals surface area contributed by atoms with Crippen molar-refractivity contribution in [2.45, 2.75) is 33.4 Å². The van der Waals surface area contributed by atoms with Crippen molar-refractivity contribution in [2.75, 3.05) is 6.54 Å². The van der Waals surface area contributed by atoms with Crippen molar-refractivity contribution in [3.05, 3.63) is 57.0 Å². The van der Waals surface area contributed by atoms with E-state index < -0.39 is 17.8 Å². The van der Waals surface area contributed by atoms with Crippen LogP contribution in [0.2, 0.25) is 4.34 Å². The Balaban J connectivity index is 2.15. The number of hydrogen-bond donors (Lipinski definition) is 1. The van der Waals surface area contributed by atoms with Crippen molar-refractivity contribution in [3.63, 3.8) is 0 Å². The number of carbonyl (C=O) groups excluding carboxylic acids is 2. The van der Waals surface area contributed by atoms with Crippen molar-refractivity contribution < 1.29 is 14.0 Å². The molecule has 0 spiro atoms. The Hall–Kier alpha value is -1.92. The lowest BCUT2D eigenvalue weighted by Gasteiger charge is -2.29. The zero-order valence-electron chi connectivity index (χ0n) is 15.0. The average molecular weight is 397 g/mol. The number of likely N-dealkylation sites (N-methyl/N-ethyl adjacent to an activating group) is 1. The van der Waals surface area contributed by atoms with Gasteiger partial charge < -0.3 is 10.2 Å². The molecular formula is C19H22ClFN2O2S. The summed E-state index contributed by atoms with van der Waals surface area (Å²) in [5.41, 5.74) is -0.0703. The first-order valence-electron chi connectivity index (χ1n) is 8.41. The maximum atomic E-state index is 13.8. The normalized spacial score (nSPS) is 12.1. The van der Waals surface area contributed by atoms with E-state index in [2.05, 4.69) is 5.32 Å². The summed E-state index contributed by atoms with van der Waals surface area (Å²) >= 11 is 7.37. The van der Waals surface area contributed by atoms with Crippen molar-refractivity contribution in [3.8, 4) is 0 Å². The fraction of sp³-hybridized carbons (Fsp3) is 0.368. The Morgan fingerprint density at radius 2 is 1.92 bits per heavy atom. The molecule has 1 heterocycles. The molecule has 0 aliphatic carbocycles. The van der Waals surface area contributed by atoms with Gasteiger partial charge in [0.2, 0.25) is 5.91 Å². The highest BCUT2D eigenvalue weighted by atomic mass is 35.5. The second-order valence-corrected chi connectivity index (χ2v) is 8.03. The van der Waals surface area contributed by atoms with Gasteiger partial charge >= 0.3 is 0 Å². The number of benzene rings is 1. The van der Waals surface area contributed by atoms with E-state index in [1.807, 2.05) is 26.8 Å². The fourth-order valence-electron chi connectivity index (χ4n) is 2.54. The lowest BCUT2D eigenvalue weighted by molar-refractivity contribution is -0.134. The summed E-state index contributed by atoms with van der Waals surface area (Å²) in [7, 11) is 0. The van der Waals surface area contributed by atoms with Crippen molar-refractivity contribution in [1.82, 2.24) is 10.2 Å². The molecule has 2 amide bonds. The topological polar surface area (TPSA) is 49.4 Å². The van der Waals surface area contributed by atoms with Crippen molar-refractivity contribution in [2.24, 2.45) is 5.92 Å². The van der Waals surface area contributed by atoms with Crippen LogP contribution in [-0.2, 0) is 11.3 Å². The third-order valence-corrected chi connectivity index (χ3v) is 5.22. The molecule has 0 aliphatic heterocycles. The van der Waals surface area contributed by atoms with E-state index in [0.29, 0.717) is 17.4 Å². The van der Waals surface area contributed by atoms with E-state index in [4.69, 9.17) is 11.6 Å². The summed E-state index contributed by atoms with van der Waals surface area (Å²) in [6, 6.07) is 8.66. The summed E-state index contributed by atoms with van der Waals surface area (Å²) in [6.07, 6.45) is 0. The summed E-state index contributed by atoms with van der Waals surface area (Å²) in [5.74, 6) is -1.54. The van der Waals surface area contributed by atoms with Crippen LogP contribution >= 0.6 is 22.9 Å². The highest BCUT2D eigenvalue weighted by Crippen LogP contribution is 2.23. The summed E-state index contributed by atoms with van der Waals surface area (Å²) in [4.78, 5) is 28.0. The molecule has 0 aliphatic rings. The SMILES string of the molecule is CCN(Cc1ccc(Cl)s1)C(=O)C(NC(=O)c1ccccc1F)C(C)C. The first-order chi connectivity index (χ1) is 12.3. The maximum absolute atomic E-state index is 13.8. The Labute approximate surface area is 162 Å². The number of halogens is 2. The first kappa shape index (κ1) is 20.4. The van der Waals surface area contributed by atoms with Gasteiger partial charge in [-0.3, -0.25) is 9.59 Å². The number of nitrogens with zero attached hydrogens (tertiary/aromatic N) is 1. The van der Waals surface area contributed by atoms with E-state index in [1.165, 1.54) is 29.5 Å². The highest BCUT2D eigenvalue weighted by Gasteiger charge is 2.29. The number of nitrogens with one attached hydrogen (secondary N) is 1. The van der Waals surface area contributed by atoms with E-state index in [1.54, 1.807) is 17.0 Å². The highest BCUT2D eigenvalue weighted by molar-refractivity contribution is 7.16. The predicted molar refractivity (Wildman–Crippen MR) is 103 cm³/mol. The Morgan fingerprint density at radius 1 is 1.23 bits per heavy atom. The van der Waals surface area contributed by atoms with Crippen molar-refractivity contribution >= 4 is 34.8 Å². The molecule has 0 bridgehead atoms. The lowest BCUT2D eigenvalue weighted by atomic mass is 10.0. The molecule has 0 fully saturated rings. The standard InChI is InChI=1S/C19H22ClFN2O2S/c1-4-23(11-13-9-10-16(20)26-13)19(25)17(12(2)3)22-18(24)14-7-5-6-8-15(14)21/h5-10,12,17H,4,11H2,1-3H3,(H,22,24). The monoisotopic (exact) mass is 396 g/mol. The van der Waals surface area contributed by atoms with E-state index >= 15 is 0 Å². The molecule has 1 N–H and O–H groups in total. The second-order valence-electron chi connectivity index (χ2n) is 6.23. The number of thiophene rings is 1. The Bertz CT molecular complexity index is 778. The van der Waals surface area contributed by atoms with Crippen LogP contribution in [0.1, 0.15) is 36.0 Å². The largest absolute Gasteiger partial charge is 0.340 e. The van der Waals surface area contributed by atoms with Crippen LogP contribution in [0.25, 0.3) is 0 Å². The molecule has 1 aromatic carbocycles. The molecule has 7 heteroatoms. The van der Waals surface area contributed by atoms with Gasteiger partial charge in [-0.15, -0.1) is 11.3 Å². The lowest BCUT2D eigenvalue weighted by Crippen LogP contribution is -2.51. The second kappa shape index (κ2) is 9.14. The molecule has 4 nitrogen and oxygen atoms in total. The van der Waals surface area contributed by atoms with Crippen LogP contribution in [0.3, 0.4) is 0 Å². The molecule has 0 radical (unpaired) electrons. The number of amides is 2. The van der Waals surface area contributed by atoms with Crippen LogP contribution in [0.15, 0.2) is 36.4 Å². The summed E-state index contributed by atoms with van der Waals surface area (Å²) in [6.45, 7) is 6.49. The molecule has 1 atom stereocenters. The van der Waals surface area contributed by atoms with E-state index in [9.17, 15) is 14.0 Å². The number of carbonyl (C=O) groups is 2. The molecule has 2 rings (SSSR count). The smallest absolute Gasteiger partial charge is 0.254 e. The van der Waals surface area contributed by atoms with Gasteiger partial charge in [-0.25, -0.2) is 4.39 Å². The molecule has 1 unspecified atom stereocenters. The molecule has 1 aromatic heterocycles. The minimum atomic E-state index is -0.738. The van der Waals surface area contributed by atoms with E-state index in [-0.39, 0.29) is 17.4 Å². The van der Waals surface area contributed by atoms with E-state index in [0.717, 1.165) is 4.88 Å². The van der Waals surface area contributed by atoms with Gasteiger partial charge in [0.05, 0.1) is 16.4 Å². The van der Waals surface area contributed by atoms with Crippen LogP contribution in [0, 0.1) is 11.7 Å². The van der Waals surface area contributed by atoms with Gasteiger partial charge in [0.15, 0.2) is 0 Å². The quantitative estimate of drug-likeness (QED) is 0.756. The van der Waals surface area contributed by atoms with Crippen LogP contribution in [-0.4, -0.2) is 29.3 Å². The number of hydrogen-bond acceptors (Lipinski definition) is 3. The third kappa shape index (κ3) is 5.05. The Morgan fingerprint density at radius 3 is 2.46 bits per heavy atom. The molecule has 140 valence electrons. The van der Waals surface area contributed by atoms with Crippen LogP contribution < -0.4 is 5.32 Å². The first-order valence-corrected chi connectivity index (χ1v) is 9.61. The average Bonchev–Trinajstić information content (AvgIpc) is 3.02. The molecule has 0 saturated carbocycles. The van der Waals surface area contributed by atoms with Crippen LogP contribution in [0.4, 0.5) is 4.39 Å². The van der Waals surface area contributed by atoms with Gasteiger partial charge in [0.1, 0.15) is 11.9 Å². The summed E-state index contributed by atoms with van der Waals surface area (Å²) < 4.78 is 14.5. The molecule has 26 heavy (non-hydrogen) atoms. The van der Waals surface area contributed by atoms with Gasteiger partial charge in [-0.05, 0) is 37.1 Å². The zero-order valence-corrected chi connectivity index (χ0v) is 16.5. The van der Waals surface area contributed by atoms with Gasteiger partial charge in [-0.1, -0.05) is 37.6 Å². The summed E-state index contributed by atoms with van der Waals surface area (Å²) in [5, 5.41) is 2.69. The van der Waals surface area contributed by atoms with Gasteiger partial charge in [-0.2, -0.15) is 0 Å². The zero-order chi connectivity index (χ0) is 19.3. The minimum absolute atomic E-state index is 0.0703.